The van der Waals surface area contributed by atoms with Crippen molar-refractivity contribution in [3.63, 3.8) is 0 Å². The molecule has 0 heterocycles. The molecule has 0 amide bonds. The third kappa shape index (κ3) is 5.03. The molecule has 0 aromatic rings. The average Bonchev–Trinajstić information content (AvgIpc) is 2.53. The van der Waals surface area contributed by atoms with Crippen LogP contribution >= 0.6 is 0 Å². The van der Waals surface area contributed by atoms with Crippen molar-refractivity contribution in [2.45, 2.75) is 90.1 Å². The molecule has 2 saturated carbocycles. The summed E-state index contributed by atoms with van der Waals surface area (Å²) in [6.45, 7) is 4.54. The van der Waals surface area contributed by atoms with E-state index in [1.807, 2.05) is 12.4 Å². The van der Waals surface area contributed by atoms with E-state index >= 15 is 0 Å². The van der Waals surface area contributed by atoms with Gasteiger partial charge in [0, 0.05) is 24.5 Å². The summed E-state index contributed by atoms with van der Waals surface area (Å²) in [5.41, 5.74) is 0. The average molecular weight is 276 g/mol. The molecule has 114 valence electrons. The van der Waals surface area contributed by atoms with Gasteiger partial charge in [0.1, 0.15) is 0 Å². The second kappa shape index (κ2) is 8.59. The van der Waals surface area contributed by atoms with Crippen LogP contribution in [0.4, 0.5) is 0 Å². The standard InChI is InChI=1S/C18H32N2/c1-15(17-9-5-3-6-10-17)19-13-14-20-16(2)18-11-7-4-8-12-18/h13-18H,3-12H2,1-2H3/t15-,16-/m0/s1. The van der Waals surface area contributed by atoms with E-state index in [-0.39, 0.29) is 0 Å². The summed E-state index contributed by atoms with van der Waals surface area (Å²) in [6.07, 6.45) is 17.8. The van der Waals surface area contributed by atoms with E-state index in [9.17, 15) is 0 Å². The highest BCUT2D eigenvalue weighted by atomic mass is 14.8. The van der Waals surface area contributed by atoms with Gasteiger partial charge in [0.05, 0.1) is 0 Å². The molecule has 0 aliphatic heterocycles. The maximum Gasteiger partial charge on any atom is 0.0500 e. The molecule has 2 rings (SSSR count). The first-order chi connectivity index (χ1) is 9.77. The first-order valence-electron chi connectivity index (χ1n) is 8.82. The van der Waals surface area contributed by atoms with Gasteiger partial charge in [0.15, 0.2) is 0 Å². The zero-order chi connectivity index (χ0) is 14.2. The summed E-state index contributed by atoms with van der Waals surface area (Å²) in [5, 5.41) is 0. The van der Waals surface area contributed by atoms with Gasteiger partial charge in [-0.2, -0.15) is 0 Å². The number of hydrogen-bond acceptors (Lipinski definition) is 2. The second-order valence-electron chi connectivity index (χ2n) is 6.87. The van der Waals surface area contributed by atoms with Gasteiger partial charge < -0.3 is 0 Å². The van der Waals surface area contributed by atoms with E-state index in [1.54, 1.807) is 0 Å². The Morgan fingerprint density at radius 2 is 1.00 bits per heavy atom. The Morgan fingerprint density at radius 1 is 0.650 bits per heavy atom. The predicted molar refractivity (Wildman–Crippen MR) is 89.1 cm³/mol. The van der Waals surface area contributed by atoms with Gasteiger partial charge in [-0.1, -0.05) is 38.5 Å². The molecule has 2 aliphatic rings. The molecule has 0 N–H and O–H groups in total. The molecule has 2 aliphatic carbocycles. The van der Waals surface area contributed by atoms with Crippen molar-refractivity contribution < 1.29 is 0 Å². The topological polar surface area (TPSA) is 24.7 Å². The van der Waals surface area contributed by atoms with Crippen LogP contribution in [0.1, 0.15) is 78.1 Å². The Balaban J connectivity index is 1.72. The lowest BCUT2D eigenvalue weighted by Gasteiger charge is -2.25. The van der Waals surface area contributed by atoms with Crippen LogP contribution in [0.3, 0.4) is 0 Å². The minimum atomic E-state index is 0.478. The summed E-state index contributed by atoms with van der Waals surface area (Å²) in [7, 11) is 0. The smallest absolute Gasteiger partial charge is 0.0500 e. The lowest BCUT2D eigenvalue weighted by Crippen LogP contribution is -2.19. The van der Waals surface area contributed by atoms with Crippen LogP contribution in [0.25, 0.3) is 0 Å². The van der Waals surface area contributed by atoms with Gasteiger partial charge in [-0.25, -0.2) is 0 Å². The number of nitrogens with zero attached hydrogens (tertiary/aromatic N) is 2. The Morgan fingerprint density at radius 3 is 1.35 bits per heavy atom. The minimum absolute atomic E-state index is 0.478. The second-order valence-corrected chi connectivity index (χ2v) is 6.87. The number of aliphatic imine (C=N–C) groups is 2. The zero-order valence-corrected chi connectivity index (χ0v) is 13.4. The van der Waals surface area contributed by atoms with Crippen molar-refractivity contribution in [3.8, 4) is 0 Å². The SMILES string of the molecule is C[C@H](N=CC=N[C@@H](C)C1CCCCC1)C1CCCCC1. The Labute approximate surface area is 125 Å². The first-order valence-corrected chi connectivity index (χ1v) is 8.82. The highest BCUT2D eigenvalue weighted by Crippen LogP contribution is 2.28. The summed E-state index contributed by atoms with van der Waals surface area (Å²) < 4.78 is 0. The van der Waals surface area contributed by atoms with Crippen molar-refractivity contribution in [3.05, 3.63) is 0 Å². The van der Waals surface area contributed by atoms with Gasteiger partial charge in [0.25, 0.3) is 0 Å². The van der Waals surface area contributed by atoms with Crippen molar-refractivity contribution in [2.24, 2.45) is 21.8 Å². The third-order valence-electron chi connectivity index (χ3n) is 5.37. The van der Waals surface area contributed by atoms with E-state index in [2.05, 4.69) is 13.8 Å². The van der Waals surface area contributed by atoms with E-state index in [0.717, 1.165) is 11.8 Å². The normalized spacial score (nSPS) is 26.3. The molecule has 0 saturated heterocycles. The van der Waals surface area contributed by atoms with Crippen LogP contribution in [-0.4, -0.2) is 24.5 Å². The summed E-state index contributed by atoms with van der Waals surface area (Å²) in [6, 6.07) is 0.957. The molecule has 2 fully saturated rings. The van der Waals surface area contributed by atoms with Crippen molar-refractivity contribution in [1.82, 2.24) is 0 Å². The maximum absolute atomic E-state index is 4.69. The van der Waals surface area contributed by atoms with Crippen molar-refractivity contribution in [2.75, 3.05) is 0 Å². The molecule has 0 bridgehead atoms. The third-order valence-corrected chi connectivity index (χ3v) is 5.37. The van der Waals surface area contributed by atoms with Crippen LogP contribution in [0.5, 0.6) is 0 Å². The molecule has 0 aromatic heterocycles. The Bertz CT molecular complexity index is 277. The van der Waals surface area contributed by atoms with Gasteiger partial charge in [-0.3, -0.25) is 9.98 Å². The molecule has 2 heteroatoms. The molecular weight excluding hydrogens is 244 g/mol. The highest BCUT2D eigenvalue weighted by Gasteiger charge is 2.19. The van der Waals surface area contributed by atoms with E-state index in [4.69, 9.17) is 9.98 Å². The van der Waals surface area contributed by atoms with Crippen LogP contribution in [-0.2, 0) is 0 Å². The summed E-state index contributed by atoms with van der Waals surface area (Å²) in [5.74, 6) is 1.62. The monoisotopic (exact) mass is 276 g/mol. The maximum atomic E-state index is 4.69. The van der Waals surface area contributed by atoms with Gasteiger partial charge in [-0.05, 0) is 51.4 Å². The number of hydrogen-bond donors (Lipinski definition) is 0. The number of rotatable bonds is 5. The molecule has 0 spiro atoms. The fourth-order valence-electron chi connectivity index (χ4n) is 3.83. The summed E-state index contributed by atoms with van der Waals surface area (Å²) >= 11 is 0. The van der Waals surface area contributed by atoms with E-state index < -0.39 is 0 Å². The van der Waals surface area contributed by atoms with Crippen LogP contribution < -0.4 is 0 Å². The zero-order valence-electron chi connectivity index (χ0n) is 13.4. The van der Waals surface area contributed by atoms with Crippen molar-refractivity contribution in [1.29, 1.82) is 0 Å². The quantitative estimate of drug-likeness (QED) is 0.627. The van der Waals surface area contributed by atoms with Gasteiger partial charge >= 0.3 is 0 Å². The molecule has 0 unspecified atom stereocenters. The van der Waals surface area contributed by atoms with Crippen LogP contribution in [0.15, 0.2) is 9.98 Å². The molecule has 0 radical (unpaired) electrons. The molecule has 20 heavy (non-hydrogen) atoms. The van der Waals surface area contributed by atoms with Crippen LogP contribution in [0.2, 0.25) is 0 Å². The Kier molecular flexibility index (Phi) is 6.75. The Hall–Kier alpha value is -0.660. The fourth-order valence-corrected chi connectivity index (χ4v) is 3.83. The predicted octanol–water partition coefficient (Wildman–Crippen LogP) is 5.07. The largest absolute Gasteiger partial charge is 0.288 e. The van der Waals surface area contributed by atoms with Gasteiger partial charge in [-0.15, -0.1) is 0 Å². The highest BCUT2D eigenvalue weighted by molar-refractivity contribution is 6.16. The molecule has 2 nitrogen and oxygen atoms in total. The van der Waals surface area contributed by atoms with Gasteiger partial charge in [0.2, 0.25) is 0 Å². The van der Waals surface area contributed by atoms with Crippen LogP contribution in [0, 0.1) is 11.8 Å². The minimum Gasteiger partial charge on any atom is -0.288 e. The van der Waals surface area contributed by atoms with E-state index in [0.29, 0.717) is 12.1 Å². The molecular formula is C18H32N2. The van der Waals surface area contributed by atoms with E-state index in [1.165, 1.54) is 64.2 Å². The first kappa shape index (κ1) is 15.7. The summed E-state index contributed by atoms with van der Waals surface area (Å²) in [4.78, 5) is 9.38. The van der Waals surface area contributed by atoms with Crippen molar-refractivity contribution >= 4 is 12.4 Å². The molecule has 0 aromatic carbocycles. The lowest BCUT2D eigenvalue weighted by molar-refractivity contribution is 0.317. The molecule has 2 atom stereocenters. The lowest BCUT2D eigenvalue weighted by atomic mass is 9.85. The fraction of sp³-hybridized carbons (Fsp3) is 0.889.